The van der Waals surface area contributed by atoms with E-state index in [2.05, 4.69) is 14.8 Å². The highest BCUT2D eigenvalue weighted by Crippen LogP contribution is 2.23. The molecule has 1 N–H and O–H groups in total. The Morgan fingerprint density at radius 2 is 1.81 bits per heavy atom. The fourth-order valence-electron chi connectivity index (χ4n) is 1.29. The lowest BCUT2D eigenvalue weighted by Gasteiger charge is -2.16. The molecule has 0 spiro atoms. The van der Waals surface area contributed by atoms with Crippen LogP contribution in [0.1, 0.15) is 0 Å². The largest absolute Gasteiger partial charge is 0.573 e. The predicted octanol–water partition coefficient (Wildman–Crippen LogP) is 2.22. The van der Waals surface area contributed by atoms with Crippen LogP contribution in [0.25, 0.3) is 0 Å². The van der Waals surface area contributed by atoms with Gasteiger partial charge in [0.15, 0.2) is 0 Å². The smallest absolute Gasteiger partial charge is 0.468 e. The first-order valence-electron chi connectivity index (χ1n) is 5.66. The molecule has 0 bridgehead atoms. The number of amides is 2. The van der Waals surface area contributed by atoms with Crippen molar-refractivity contribution in [2.24, 2.45) is 0 Å². The van der Waals surface area contributed by atoms with Crippen LogP contribution < -0.4 is 10.1 Å². The number of anilines is 1. The average Bonchev–Trinajstić information content (AvgIpc) is 2.39. The summed E-state index contributed by atoms with van der Waals surface area (Å²) in [7, 11) is 2.56. The molecule has 0 aliphatic rings. The zero-order valence-corrected chi connectivity index (χ0v) is 11.2. The van der Waals surface area contributed by atoms with Crippen LogP contribution in [0.5, 0.6) is 5.75 Å². The van der Waals surface area contributed by atoms with Gasteiger partial charge in [0.2, 0.25) is 0 Å². The number of hydrogen-bond donors (Lipinski definition) is 1. The Balaban J connectivity index is 2.59. The Bertz CT molecular complexity index is 502. The van der Waals surface area contributed by atoms with Gasteiger partial charge in [-0.15, -0.1) is 13.2 Å². The summed E-state index contributed by atoms with van der Waals surface area (Å²) in [6, 6.07) is 3.99. The number of methoxy groups -OCH3 is 1. The van der Waals surface area contributed by atoms with Crippen LogP contribution in [-0.2, 0) is 9.53 Å². The summed E-state index contributed by atoms with van der Waals surface area (Å²) in [5.74, 6) is -0.995. The SMILES string of the molecule is COC(=O)CN(C)C(=O)Nc1ccc(OC(F)(F)F)cc1. The molecule has 0 aliphatic heterocycles. The van der Waals surface area contributed by atoms with Crippen molar-refractivity contribution in [3.05, 3.63) is 24.3 Å². The molecule has 0 heterocycles. The molecule has 0 aliphatic carbocycles. The van der Waals surface area contributed by atoms with E-state index in [0.717, 1.165) is 17.0 Å². The molecule has 0 saturated carbocycles. The number of urea groups is 1. The Hall–Kier alpha value is -2.45. The number of ether oxygens (including phenoxy) is 2. The van der Waals surface area contributed by atoms with E-state index in [1.807, 2.05) is 0 Å². The molecule has 116 valence electrons. The molecule has 21 heavy (non-hydrogen) atoms. The van der Waals surface area contributed by atoms with Crippen molar-refractivity contribution in [2.75, 3.05) is 26.0 Å². The Morgan fingerprint density at radius 1 is 1.24 bits per heavy atom. The van der Waals surface area contributed by atoms with Crippen molar-refractivity contribution >= 4 is 17.7 Å². The minimum Gasteiger partial charge on any atom is -0.468 e. The van der Waals surface area contributed by atoms with E-state index in [0.29, 0.717) is 0 Å². The van der Waals surface area contributed by atoms with Crippen molar-refractivity contribution in [2.45, 2.75) is 6.36 Å². The van der Waals surface area contributed by atoms with Gasteiger partial charge in [0.25, 0.3) is 0 Å². The van der Waals surface area contributed by atoms with Gasteiger partial charge in [0, 0.05) is 12.7 Å². The summed E-state index contributed by atoms with van der Waals surface area (Å²) in [6.45, 7) is -0.252. The van der Waals surface area contributed by atoms with Crippen molar-refractivity contribution < 1.29 is 32.2 Å². The highest BCUT2D eigenvalue weighted by molar-refractivity contribution is 5.91. The van der Waals surface area contributed by atoms with E-state index in [4.69, 9.17) is 0 Å². The first kappa shape index (κ1) is 16.6. The second kappa shape index (κ2) is 6.82. The maximum atomic E-state index is 12.0. The Labute approximate surface area is 118 Å². The molecule has 2 amide bonds. The van der Waals surface area contributed by atoms with Crippen molar-refractivity contribution in [3.63, 3.8) is 0 Å². The van der Waals surface area contributed by atoms with Gasteiger partial charge in [-0.05, 0) is 24.3 Å². The van der Waals surface area contributed by atoms with Gasteiger partial charge in [-0.25, -0.2) is 4.79 Å². The molecule has 1 aromatic carbocycles. The normalized spacial score (nSPS) is 10.7. The van der Waals surface area contributed by atoms with E-state index >= 15 is 0 Å². The third kappa shape index (κ3) is 6.02. The van der Waals surface area contributed by atoms with E-state index < -0.39 is 24.1 Å². The number of hydrogen-bond acceptors (Lipinski definition) is 4. The fraction of sp³-hybridized carbons (Fsp3) is 0.333. The lowest BCUT2D eigenvalue weighted by atomic mass is 10.3. The molecule has 6 nitrogen and oxygen atoms in total. The average molecular weight is 306 g/mol. The maximum Gasteiger partial charge on any atom is 0.573 e. The Morgan fingerprint density at radius 3 is 2.29 bits per heavy atom. The number of esters is 1. The summed E-state index contributed by atoms with van der Waals surface area (Å²) in [4.78, 5) is 23.7. The summed E-state index contributed by atoms with van der Waals surface area (Å²) in [6.07, 6.45) is -4.77. The number of halogens is 3. The van der Waals surface area contributed by atoms with Crippen LogP contribution in [-0.4, -0.2) is 44.0 Å². The lowest BCUT2D eigenvalue weighted by Crippen LogP contribution is -2.35. The third-order valence-electron chi connectivity index (χ3n) is 2.28. The Kier molecular flexibility index (Phi) is 5.39. The number of rotatable bonds is 4. The number of nitrogens with zero attached hydrogens (tertiary/aromatic N) is 1. The van der Waals surface area contributed by atoms with Gasteiger partial charge in [-0.1, -0.05) is 0 Å². The zero-order chi connectivity index (χ0) is 16.0. The third-order valence-corrected chi connectivity index (χ3v) is 2.28. The van der Waals surface area contributed by atoms with Gasteiger partial charge < -0.3 is 19.7 Å². The van der Waals surface area contributed by atoms with Crippen molar-refractivity contribution in [3.8, 4) is 5.75 Å². The lowest BCUT2D eigenvalue weighted by molar-refractivity contribution is -0.274. The molecule has 0 saturated heterocycles. The number of benzene rings is 1. The van der Waals surface area contributed by atoms with Crippen LogP contribution >= 0.6 is 0 Å². The topological polar surface area (TPSA) is 67.9 Å². The van der Waals surface area contributed by atoms with Gasteiger partial charge in [-0.3, -0.25) is 4.79 Å². The maximum absolute atomic E-state index is 12.0. The van der Waals surface area contributed by atoms with Crippen LogP contribution in [0, 0.1) is 0 Å². The van der Waals surface area contributed by atoms with Crippen LogP contribution in [0.4, 0.5) is 23.7 Å². The predicted molar refractivity (Wildman–Crippen MR) is 66.8 cm³/mol. The van der Waals surface area contributed by atoms with E-state index in [1.54, 1.807) is 0 Å². The summed E-state index contributed by atoms with van der Waals surface area (Å²) in [5.41, 5.74) is 0.256. The molecule has 9 heteroatoms. The van der Waals surface area contributed by atoms with Gasteiger partial charge in [-0.2, -0.15) is 0 Å². The van der Waals surface area contributed by atoms with Crippen LogP contribution in [0.15, 0.2) is 24.3 Å². The molecule has 1 aromatic rings. The molecule has 0 fully saturated rings. The van der Waals surface area contributed by atoms with E-state index in [9.17, 15) is 22.8 Å². The zero-order valence-electron chi connectivity index (χ0n) is 11.2. The second-order valence-corrected chi connectivity index (χ2v) is 3.93. The van der Waals surface area contributed by atoms with E-state index in [-0.39, 0.29) is 12.2 Å². The highest BCUT2D eigenvalue weighted by atomic mass is 19.4. The first-order chi connectivity index (χ1) is 9.71. The summed E-state index contributed by atoms with van der Waals surface area (Å²) >= 11 is 0. The van der Waals surface area contributed by atoms with Crippen LogP contribution in [0.3, 0.4) is 0 Å². The highest BCUT2D eigenvalue weighted by Gasteiger charge is 2.30. The van der Waals surface area contributed by atoms with Crippen molar-refractivity contribution in [1.29, 1.82) is 0 Å². The number of carbonyl (C=O) groups is 2. The molecule has 0 atom stereocenters. The monoisotopic (exact) mass is 306 g/mol. The molecule has 0 aromatic heterocycles. The fourth-order valence-corrected chi connectivity index (χ4v) is 1.29. The summed E-state index contributed by atoms with van der Waals surface area (Å²) < 4.78 is 44.0. The number of alkyl halides is 3. The minimum absolute atomic E-state index is 0.252. The standard InChI is InChI=1S/C12H13F3N2O4/c1-17(7-10(18)20-2)11(19)16-8-3-5-9(6-4-8)21-12(13,14)15/h3-6H,7H2,1-2H3,(H,16,19). The quantitative estimate of drug-likeness (QED) is 0.866. The van der Waals surface area contributed by atoms with E-state index in [1.165, 1.54) is 26.3 Å². The van der Waals surface area contributed by atoms with Gasteiger partial charge in [0.05, 0.1) is 7.11 Å². The van der Waals surface area contributed by atoms with Gasteiger partial charge in [0.1, 0.15) is 12.3 Å². The summed E-state index contributed by atoms with van der Waals surface area (Å²) in [5, 5.41) is 2.40. The molecule has 0 radical (unpaired) electrons. The van der Waals surface area contributed by atoms with Crippen LogP contribution in [0.2, 0.25) is 0 Å². The first-order valence-corrected chi connectivity index (χ1v) is 5.66. The minimum atomic E-state index is -4.77. The number of likely N-dealkylation sites (N-methyl/N-ethyl adjacent to an activating group) is 1. The molecule has 0 unspecified atom stereocenters. The molecular weight excluding hydrogens is 293 g/mol. The second-order valence-electron chi connectivity index (χ2n) is 3.93. The number of carbonyl (C=O) groups excluding carboxylic acids is 2. The van der Waals surface area contributed by atoms with Gasteiger partial charge >= 0.3 is 18.4 Å². The number of nitrogens with one attached hydrogen (secondary N) is 1. The molecular formula is C12H13F3N2O4. The van der Waals surface area contributed by atoms with Crippen molar-refractivity contribution in [1.82, 2.24) is 4.90 Å². The molecule has 1 rings (SSSR count).